The van der Waals surface area contributed by atoms with Gasteiger partial charge < -0.3 is 9.84 Å². The summed E-state index contributed by atoms with van der Waals surface area (Å²) in [4.78, 5) is 23.9. The van der Waals surface area contributed by atoms with E-state index in [2.05, 4.69) is 12.2 Å². The number of rotatable bonds is 8. The molecule has 1 rings (SSSR count). The highest BCUT2D eigenvalue weighted by atomic mass is 16.5. The first-order valence-corrected chi connectivity index (χ1v) is 7.89. The molecule has 0 fully saturated rings. The number of hydrogen-bond donors (Lipinski definition) is 2. The molecule has 2 N–H and O–H groups in total. The number of amides is 2. The molecule has 1 aromatic carbocycles. The number of nitrogens with one attached hydrogen (secondary N) is 1. The van der Waals surface area contributed by atoms with E-state index in [1.54, 1.807) is 13.0 Å². The number of phenols is 1. The van der Waals surface area contributed by atoms with Crippen LogP contribution in [-0.2, 0) is 4.79 Å². The predicted molar refractivity (Wildman–Crippen MR) is 89.8 cm³/mol. The van der Waals surface area contributed by atoms with E-state index in [4.69, 9.17) is 4.74 Å². The first-order valence-electron chi connectivity index (χ1n) is 7.89. The first kappa shape index (κ1) is 18.7. The smallest absolute Gasteiger partial charge is 0.258 e. The van der Waals surface area contributed by atoms with Crippen LogP contribution in [0.3, 0.4) is 0 Å². The van der Waals surface area contributed by atoms with Gasteiger partial charge in [-0.05, 0) is 38.0 Å². The van der Waals surface area contributed by atoms with Gasteiger partial charge in [-0.3, -0.25) is 14.9 Å². The van der Waals surface area contributed by atoms with Crippen LogP contribution in [0.25, 0.3) is 0 Å². The van der Waals surface area contributed by atoms with Crippen molar-refractivity contribution in [2.24, 2.45) is 0 Å². The van der Waals surface area contributed by atoms with Crippen LogP contribution in [0.1, 0.15) is 54.9 Å². The molecule has 0 aliphatic carbocycles. The molecule has 0 aromatic heterocycles. The Bertz CT molecular complexity index is 579. The molecule has 0 aliphatic rings. The van der Waals surface area contributed by atoms with E-state index in [9.17, 15) is 14.7 Å². The second-order valence-electron chi connectivity index (χ2n) is 5.36. The third-order valence-corrected chi connectivity index (χ3v) is 3.56. The van der Waals surface area contributed by atoms with Crippen molar-refractivity contribution in [2.75, 3.05) is 7.11 Å². The minimum Gasteiger partial charge on any atom is -0.504 e. The predicted octanol–water partition coefficient (Wildman–Crippen LogP) is 3.49. The number of methoxy groups -OCH3 is 1. The highest BCUT2D eigenvalue weighted by Gasteiger charge is 2.16. The molecule has 0 saturated heterocycles. The summed E-state index contributed by atoms with van der Waals surface area (Å²) >= 11 is 0. The second kappa shape index (κ2) is 9.66. The molecule has 0 radical (unpaired) electrons. The lowest BCUT2D eigenvalue weighted by atomic mass is 10.1. The van der Waals surface area contributed by atoms with E-state index in [1.165, 1.54) is 38.2 Å². The van der Waals surface area contributed by atoms with Gasteiger partial charge in [-0.15, -0.1) is 0 Å². The molecule has 0 atom stereocenters. The SMILES string of the molecule is CCCCCC/C=C/C(=O)NC(=O)c1ccc(O)c(OC)c1C. The molecule has 0 saturated carbocycles. The lowest BCUT2D eigenvalue weighted by Gasteiger charge is -2.11. The molecule has 0 bridgehead atoms. The zero-order valence-electron chi connectivity index (χ0n) is 14.0. The van der Waals surface area contributed by atoms with Crippen molar-refractivity contribution in [3.05, 3.63) is 35.4 Å². The van der Waals surface area contributed by atoms with E-state index in [0.717, 1.165) is 19.3 Å². The van der Waals surface area contributed by atoms with Crippen molar-refractivity contribution in [3.63, 3.8) is 0 Å². The summed E-state index contributed by atoms with van der Waals surface area (Å²) in [6.45, 7) is 3.80. The Balaban J connectivity index is 2.59. The van der Waals surface area contributed by atoms with E-state index in [-0.39, 0.29) is 11.5 Å². The Hall–Kier alpha value is -2.30. The van der Waals surface area contributed by atoms with Gasteiger partial charge in [0.05, 0.1) is 7.11 Å². The maximum absolute atomic E-state index is 12.1. The third-order valence-electron chi connectivity index (χ3n) is 3.56. The van der Waals surface area contributed by atoms with Gasteiger partial charge in [-0.2, -0.15) is 0 Å². The first-order chi connectivity index (χ1) is 11.0. The molecule has 0 spiro atoms. The number of benzene rings is 1. The molecular weight excluding hydrogens is 294 g/mol. The maximum atomic E-state index is 12.1. The second-order valence-corrected chi connectivity index (χ2v) is 5.36. The number of hydrogen-bond acceptors (Lipinski definition) is 4. The standard InChI is InChI=1S/C18H25NO4/c1-4-5-6-7-8-9-10-16(21)19-18(22)14-11-12-15(20)17(23-3)13(14)2/h9-12,20H,4-8H2,1-3H3,(H,19,21,22)/b10-9+. The van der Waals surface area contributed by atoms with Crippen LogP contribution in [0.15, 0.2) is 24.3 Å². The number of ether oxygens (including phenoxy) is 1. The maximum Gasteiger partial charge on any atom is 0.258 e. The van der Waals surface area contributed by atoms with Crippen molar-refractivity contribution in [1.29, 1.82) is 0 Å². The summed E-state index contributed by atoms with van der Waals surface area (Å²) < 4.78 is 5.05. The fraction of sp³-hybridized carbons (Fsp3) is 0.444. The van der Waals surface area contributed by atoms with E-state index >= 15 is 0 Å². The number of unbranched alkanes of at least 4 members (excludes halogenated alkanes) is 4. The molecule has 5 heteroatoms. The molecule has 5 nitrogen and oxygen atoms in total. The third kappa shape index (κ3) is 5.77. The van der Waals surface area contributed by atoms with Gasteiger partial charge >= 0.3 is 0 Å². The van der Waals surface area contributed by atoms with Crippen LogP contribution in [-0.4, -0.2) is 24.0 Å². The summed E-state index contributed by atoms with van der Waals surface area (Å²) in [6.07, 6.45) is 8.55. The number of allylic oxidation sites excluding steroid dienone is 1. The lowest BCUT2D eigenvalue weighted by molar-refractivity contribution is -0.115. The topological polar surface area (TPSA) is 75.6 Å². The van der Waals surface area contributed by atoms with Crippen molar-refractivity contribution in [2.45, 2.75) is 46.0 Å². The van der Waals surface area contributed by atoms with Gasteiger partial charge in [0.25, 0.3) is 5.91 Å². The summed E-state index contributed by atoms with van der Waals surface area (Å²) in [7, 11) is 1.41. The minimum atomic E-state index is -0.513. The van der Waals surface area contributed by atoms with E-state index in [0.29, 0.717) is 11.1 Å². The molecule has 1 aromatic rings. The van der Waals surface area contributed by atoms with Crippen molar-refractivity contribution in [3.8, 4) is 11.5 Å². The van der Waals surface area contributed by atoms with E-state index in [1.807, 2.05) is 0 Å². The van der Waals surface area contributed by atoms with Gasteiger partial charge in [0.15, 0.2) is 11.5 Å². The van der Waals surface area contributed by atoms with Crippen LogP contribution < -0.4 is 10.1 Å². The molecule has 23 heavy (non-hydrogen) atoms. The van der Waals surface area contributed by atoms with Crippen molar-refractivity contribution < 1.29 is 19.4 Å². The van der Waals surface area contributed by atoms with Gasteiger partial charge in [0.1, 0.15) is 0 Å². The summed E-state index contributed by atoms with van der Waals surface area (Å²) in [5.41, 5.74) is 0.783. The normalized spacial score (nSPS) is 10.7. The number of imide groups is 1. The Morgan fingerprint density at radius 3 is 2.65 bits per heavy atom. The molecule has 0 heterocycles. The van der Waals surface area contributed by atoms with Crippen LogP contribution in [0.4, 0.5) is 0 Å². The monoisotopic (exact) mass is 319 g/mol. The number of carbonyl (C=O) groups excluding carboxylic acids is 2. The highest BCUT2D eigenvalue weighted by molar-refractivity contribution is 6.08. The fourth-order valence-electron chi connectivity index (χ4n) is 2.28. The van der Waals surface area contributed by atoms with Gasteiger partial charge in [0.2, 0.25) is 5.91 Å². The molecule has 0 aliphatic heterocycles. The summed E-state index contributed by atoms with van der Waals surface area (Å²) in [5, 5.41) is 12.0. The van der Waals surface area contributed by atoms with Gasteiger partial charge in [-0.25, -0.2) is 0 Å². The van der Waals surface area contributed by atoms with Gasteiger partial charge in [0, 0.05) is 11.1 Å². The highest BCUT2D eigenvalue weighted by Crippen LogP contribution is 2.31. The van der Waals surface area contributed by atoms with Crippen LogP contribution in [0.5, 0.6) is 11.5 Å². The Morgan fingerprint density at radius 1 is 1.26 bits per heavy atom. The van der Waals surface area contributed by atoms with Crippen molar-refractivity contribution >= 4 is 11.8 Å². The zero-order valence-corrected chi connectivity index (χ0v) is 14.0. The average molecular weight is 319 g/mol. The molecule has 2 amide bonds. The Morgan fingerprint density at radius 2 is 2.00 bits per heavy atom. The summed E-state index contributed by atoms with van der Waals surface area (Å²) in [6, 6.07) is 2.83. The minimum absolute atomic E-state index is 0.0418. The summed E-state index contributed by atoms with van der Waals surface area (Å²) in [5.74, 6) is -0.769. The van der Waals surface area contributed by atoms with Gasteiger partial charge in [-0.1, -0.05) is 32.3 Å². The lowest BCUT2D eigenvalue weighted by Crippen LogP contribution is -2.29. The number of phenolic OH excluding ortho intramolecular Hbond substituents is 1. The average Bonchev–Trinajstić information content (AvgIpc) is 2.51. The fourth-order valence-corrected chi connectivity index (χ4v) is 2.28. The molecule has 0 unspecified atom stereocenters. The van der Waals surface area contributed by atoms with Crippen molar-refractivity contribution in [1.82, 2.24) is 5.32 Å². The quantitative estimate of drug-likeness (QED) is 0.568. The number of aromatic hydroxyl groups is 1. The van der Waals surface area contributed by atoms with Crippen LogP contribution in [0, 0.1) is 6.92 Å². The Labute approximate surface area is 137 Å². The molecule has 126 valence electrons. The zero-order chi connectivity index (χ0) is 17.2. The molecular formula is C18H25NO4. The van der Waals surface area contributed by atoms with Crippen LogP contribution >= 0.6 is 0 Å². The number of carbonyl (C=O) groups is 2. The Kier molecular flexibility index (Phi) is 7.88. The van der Waals surface area contributed by atoms with Crippen LogP contribution in [0.2, 0.25) is 0 Å². The van der Waals surface area contributed by atoms with E-state index < -0.39 is 11.8 Å². The largest absolute Gasteiger partial charge is 0.504 e.